The van der Waals surface area contributed by atoms with E-state index in [1.165, 1.54) is 19.4 Å². The van der Waals surface area contributed by atoms with Crippen molar-refractivity contribution in [3.8, 4) is 17.2 Å². The van der Waals surface area contributed by atoms with Crippen molar-refractivity contribution in [3.63, 3.8) is 0 Å². The summed E-state index contributed by atoms with van der Waals surface area (Å²) in [5, 5.41) is 13.4. The second kappa shape index (κ2) is 8.19. The van der Waals surface area contributed by atoms with Crippen LogP contribution in [0.3, 0.4) is 0 Å². The quantitative estimate of drug-likeness (QED) is 0.625. The monoisotopic (exact) mass is 342 g/mol. The Morgan fingerprint density at radius 3 is 2.52 bits per heavy atom. The molecule has 0 aromatic heterocycles. The molecule has 6 nitrogen and oxygen atoms in total. The second-order valence-corrected chi connectivity index (χ2v) is 5.75. The fourth-order valence-corrected chi connectivity index (χ4v) is 2.29. The van der Waals surface area contributed by atoms with E-state index in [0.29, 0.717) is 17.1 Å². The number of nitrogens with one attached hydrogen (secondary N) is 1. The first-order valence-corrected chi connectivity index (χ1v) is 7.84. The van der Waals surface area contributed by atoms with E-state index in [0.717, 1.165) is 11.1 Å². The molecular weight excluding hydrogens is 320 g/mol. The molecule has 2 rings (SSSR count). The SMILES string of the molecule is COc1cc(C=NNC(=O)C(C)Oc2cc(C)cc(C)c2)ccc1O. The van der Waals surface area contributed by atoms with Crippen molar-refractivity contribution >= 4 is 12.1 Å². The van der Waals surface area contributed by atoms with Gasteiger partial charge in [0.05, 0.1) is 13.3 Å². The molecule has 2 N–H and O–H groups in total. The molecule has 0 bridgehead atoms. The van der Waals surface area contributed by atoms with E-state index in [1.54, 1.807) is 19.1 Å². The summed E-state index contributed by atoms with van der Waals surface area (Å²) in [5.41, 5.74) is 5.26. The molecule has 0 radical (unpaired) electrons. The molecule has 2 aromatic carbocycles. The van der Waals surface area contributed by atoms with Crippen LogP contribution in [0.15, 0.2) is 41.5 Å². The first kappa shape index (κ1) is 18.3. The molecule has 2 aromatic rings. The van der Waals surface area contributed by atoms with Gasteiger partial charge in [0.1, 0.15) is 5.75 Å². The minimum Gasteiger partial charge on any atom is -0.504 e. The molecule has 25 heavy (non-hydrogen) atoms. The number of hydrogen-bond donors (Lipinski definition) is 2. The van der Waals surface area contributed by atoms with Gasteiger partial charge in [-0.2, -0.15) is 5.10 Å². The Kier molecular flexibility index (Phi) is 6.00. The van der Waals surface area contributed by atoms with Crippen LogP contribution >= 0.6 is 0 Å². The number of aryl methyl sites for hydroxylation is 2. The van der Waals surface area contributed by atoms with Crippen molar-refractivity contribution in [2.75, 3.05) is 7.11 Å². The molecule has 0 saturated heterocycles. The molecule has 0 spiro atoms. The van der Waals surface area contributed by atoms with Crippen molar-refractivity contribution < 1.29 is 19.4 Å². The maximum absolute atomic E-state index is 12.1. The number of aromatic hydroxyl groups is 1. The Labute approximate surface area is 147 Å². The van der Waals surface area contributed by atoms with Gasteiger partial charge in [-0.25, -0.2) is 5.43 Å². The molecule has 0 aliphatic heterocycles. The number of hydrazone groups is 1. The van der Waals surface area contributed by atoms with Crippen LogP contribution in [0.25, 0.3) is 0 Å². The Balaban J connectivity index is 1.94. The van der Waals surface area contributed by atoms with E-state index in [4.69, 9.17) is 9.47 Å². The standard InChI is InChI=1S/C19H22N2O4/c1-12-7-13(2)9-16(8-12)25-14(3)19(23)21-20-11-15-5-6-17(22)18(10-15)24-4/h5-11,14,22H,1-4H3,(H,21,23). The average molecular weight is 342 g/mol. The van der Waals surface area contributed by atoms with Crippen LogP contribution in [0.4, 0.5) is 0 Å². The number of amides is 1. The average Bonchev–Trinajstić information content (AvgIpc) is 2.55. The number of rotatable bonds is 6. The van der Waals surface area contributed by atoms with Crippen LogP contribution in [-0.4, -0.2) is 30.4 Å². The summed E-state index contributed by atoms with van der Waals surface area (Å²) >= 11 is 0. The van der Waals surface area contributed by atoms with Crippen LogP contribution in [0.2, 0.25) is 0 Å². The highest BCUT2D eigenvalue weighted by atomic mass is 16.5. The number of ether oxygens (including phenoxy) is 2. The van der Waals surface area contributed by atoms with Gasteiger partial charge in [0, 0.05) is 0 Å². The third-order valence-electron chi connectivity index (χ3n) is 3.47. The predicted molar refractivity (Wildman–Crippen MR) is 96.4 cm³/mol. The zero-order chi connectivity index (χ0) is 18.4. The number of phenols is 1. The third-order valence-corrected chi connectivity index (χ3v) is 3.47. The third kappa shape index (κ3) is 5.24. The zero-order valence-electron chi connectivity index (χ0n) is 14.7. The van der Waals surface area contributed by atoms with Gasteiger partial charge in [0.25, 0.3) is 5.91 Å². The Morgan fingerprint density at radius 1 is 1.20 bits per heavy atom. The molecule has 0 aliphatic carbocycles. The number of phenolic OH excluding ortho intramolecular Hbond substituents is 1. The summed E-state index contributed by atoms with van der Waals surface area (Å²) in [6.07, 6.45) is 0.774. The highest BCUT2D eigenvalue weighted by Crippen LogP contribution is 2.25. The van der Waals surface area contributed by atoms with Crippen LogP contribution in [-0.2, 0) is 4.79 Å². The Morgan fingerprint density at radius 2 is 1.88 bits per heavy atom. The summed E-state index contributed by atoms with van der Waals surface area (Å²) in [4.78, 5) is 12.1. The fourth-order valence-electron chi connectivity index (χ4n) is 2.29. The minimum absolute atomic E-state index is 0.0409. The van der Waals surface area contributed by atoms with Gasteiger partial charge >= 0.3 is 0 Å². The first-order chi connectivity index (χ1) is 11.9. The summed E-state index contributed by atoms with van der Waals surface area (Å²) < 4.78 is 10.7. The van der Waals surface area contributed by atoms with Crippen molar-refractivity contribution in [2.24, 2.45) is 5.10 Å². The van der Waals surface area contributed by atoms with Gasteiger partial charge < -0.3 is 14.6 Å². The predicted octanol–water partition coefficient (Wildman–Crippen LogP) is 2.94. The van der Waals surface area contributed by atoms with Crippen LogP contribution in [0, 0.1) is 13.8 Å². The van der Waals surface area contributed by atoms with Crippen LogP contribution < -0.4 is 14.9 Å². The smallest absolute Gasteiger partial charge is 0.280 e. The molecule has 132 valence electrons. The van der Waals surface area contributed by atoms with Gasteiger partial charge in [0.2, 0.25) is 0 Å². The molecule has 0 saturated carbocycles. The maximum Gasteiger partial charge on any atom is 0.280 e. The van der Waals surface area contributed by atoms with Gasteiger partial charge in [-0.1, -0.05) is 6.07 Å². The van der Waals surface area contributed by atoms with Gasteiger partial charge in [0.15, 0.2) is 17.6 Å². The minimum atomic E-state index is -0.687. The lowest BCUT2D eigenvalue weighted by atomic mass is 10.1. The highest BCUT2D eigenvalue weighted by Gasteiger charge is 2.14. The number of benzene rings is 2. The molecule has 1 amide bonds. The topological polar surface area (TPSA) is 80.2 Å². The van der Waals surface area contributed by atoms with Crippen molar-refractivity contribution in [3.05, 3.63) is 53.1 Å². The maximum atomic E-state index is 12.1. The number of hydrogen-bond acceptors (Lipinski definition) is 5. The Hall–Kier alpha value is -3.02. The van der Waals surface area contributed by atoms with E-state index < -0.39 is 6.10 Å². The number of nitrogens with zero attached hydrogens (tertiary/aromatic N) is 1. The van der Waals surface area contributed by atoms with E-state index in [1.807, 2.05) is 32.0 Å². The second-order valence-electron chi connectivity index (χ2n) is 5.75. The lowest BCUT2D eigenvalue weighted by molar-refractivity contribution is -0.127. The summed E-state index contributed by atoms with van der Waals surface area (Å²) in [6, 6.07) is 10.6. The van der Waals surface area contributed by atoms with Gasteiger partial charge in [-0.15, -0.1) is 0 Å². The number of methoxy groups -OCH3 is 1. The van der Waals surface area contributed by atoms with Crippen molar-refractivity contribution in [1.82, 2.24) is 5.43 Å². The van der Waals surface area contributed by atoms with E-state index in [9.17, 15) is 9.90 Å². The molecule has 0 aliphatic rings. The number of carbonyl (C=O) groups excluding carboxylic acids is 1. The molecule has 1 atom stereocenters. The zero-order valence-corrected chi connectivity index (χ0v) is 14.7. The molecule has 0 fully saturated rings. The lowest BCUT2D eigenvalue weighted by Crippen LogP contribution is -2.33. The summed E-state index contributed by atoms with van der Waals surface area (Å²) in [6.45, 7) is 5.60. The molecule has 0 heterocycles. The van der Waals surface area contributed by atoms with E-state index in [2.05, 4.69) is 10.5 Å². The lowest BCUT2D eigenvalue weighted by Gasteiger charge is -2.14. The normalized spacial score (nSPS) is 12.0. The molecule has 6 heteroatoms. The highest BCUT2D eigenvalue weighted by molar-refractivity contribution is 5.84. The Bertz CT molecular complexity index is 767. The summed E-state index contributed by atoms with van der Waals surface area (Å²) in [5.74, 6) is 0.662. The number of carbonyl (C=O) groups is 1. The first-order valence-electron chi connectivity index (χ1n) is 7.84. The van der Waals surface area contributed by atoms with E-state index >= 15 is 0 Å². The van der Waals surface area contributed by atoms with Crippen LogP contribution in [0.1, 0.15) is 23.6 Å². The fraction of sp³-hybridized carbons (Fsp3) is 0.263. The van der Waals surface area contributed by atoms with Crippen LogP contribution in [0.5, 0.6) is 17.2 Å². The van der Waals surface area contributed by atoms with Crippen molar-refractivity contribution in [2.45, 2.75) is 26.9 Å². The molecular formula is C19H22N2O4. The molecule has 1 unspecified atom stereocenters. The van der Waals surface area contributed by atoms with Gasteiger partial charge in [-0.3, -0.25) is 4.79 Å². The van der Waals surface area contributed by atoms with E-state index in [-0.39, 0.29) is 11.7 Å². The van der Waals surface area contributed by atoms with Crippen molar-refractivity contribution in [1.29, 1.82) is 0 Å². The largest absolute Gasteiger partial charge is 0.504 e. The van der Waals surface area contributed by atoms with Gasteiger partial charge in [-0.05, 0) is 67.8 Å². The summed E-state index contributed by atoms with van der Waals surface area (Å²) in [7, 11) is 1.46.